The molecule has 0 N–H and O–H groups in total. The number of piperazine rings is 1. The molecule has 5 nitrogen and oxygen atoms in total. The van der Waals surface area contributed by atoms with Gasteiger partial charge in [-0.3, -0.25) is 4.90 Å². The van der Waals surface area contributed by atoms with Crippen molar-refractivity contribution in [1.29, 1.82) is 0 Å². The van der Waals surface area contributed by atoms with Crippen molar-refractivity contribution in [2.45, 2.75) is 51.9 Å². The van der Waals surface area contributed by atoms with Crippen LogP contribution in [0.2, 0.25) is 0 Å². The molecule has 0 unspecified atom stereocenters. The molecule has 0 saturated carbocycles. The standard InChI is InChI=1S/C17H38N2O3Si/c1-5-6-7-8-9-10-11-12-18-13-15-19(16-14-18)17-23(20-2,21-3)22-4/h5-17H2,1-4H3. The molecule has 0 aromatic rings. The van der Waals surface area contributed by atoms with Gasteiger partial charge in [0.25, 0.3) is 0 Å². The average Bonchev–Trinajstić information content (AvgIpc) is 2.60. The number of hydrogen-bond acceptors (Lipinski definition) is 5. The van der Waals surface area contributed by atoms with Crippen LogP contribution < -0.4 is 0 Å². The summed E-state index contributed by atoms with van der Waals surface area (Å²) in [5.74, 6) is 0. The van der Waals surface area contributed by atoms with Gasteiger partial charge in [-0.05, 0) is 13.0 Å². The first-order valence-corrected chi connectivity index (χ1v) is 11.2. The van der Waals surface area contributed by atoms with Crippen LogP contribution in [0.3, 0.4) is 0 Å². The minimum absolute atomic E-state index is 0.793. The Hall–Kier alpha value is 0.0169. The molecule has 1 saturated heterocycles. The van der Waals surface area contributed by atoms with E-state index in [-0.39, 0.29) is 0 Å². The van der Waals surface area contributed by atoms with E-state index in [9.17, 15) is 0 Å². The summed E-state index contributed by atoms with van der Waals surface area (Å²) in [4.78, 5) is 5.02. The van der Waals surface area contributed by atoms with E-state index < -0.39 is 8.80 Å². The van der Waals surface area contributed by atoms with E-state index in [1.54, 1.807) is 21.3 Å². The lowest BCUT2D eigenvalue weighted by Crippen LogP contribution is -2.57. The fourth-order valence-electron chi connectivity index (χ4n) is 3.18. The maximum atomic E-state index is 5.52. The lowest BCUT2D eigenvalue weighted by atomic mass is 10.1. The van der Waals surface area contributed by atoms with Crippen LogP contribution in [-0.4, -0.2) is 78.8 Å². The van der Waals surface area contributed by atoms with Crippen LogP contribution in [0.1, 0.15) is 51.9 Å². The first-order chi connectivity index (χ1) is 11.2. The number of unbranched alkanes of at least 4 members (excludes halogenated alkanes) is 6. The minimum atomic E-state index is -2.47. The second kappa shape index (κ2) is 12.4. The topological polar surface area (TPSA) is 34.2 Å². The van der Waals surface area contributed by atoms with Crippen molar-refractivity contribution in [3.05, 3.63) is 0 Å². The van der Waals surface area contributed by atoms with Gasteiger partial charge in [-0.2, -0.15) is 0 Å². The maximum absolute atomic E-state index is 5.52. The Morgan fingerprint density at radius 1 is 0.696 bits per heavy atom. The van der Waals surface area contributed by atoms with Gasteiger partial charge in [0, 0.05) is 47.5 Å². The van der Waals surface area contributed by atoms with E-state index in [1.807, 2.05) is 0 Å². The summed E-state index contributed by atoms with van der Waals surface area (Å²) in [7, 11) is 2.60. The van der Waals surface area contributed by atoms with Gasteiger partial charge in [-0.25, -0.2) is 0 Å². The third-order valence-electron chi connectivity index (χ3n) is 4.89. The molecule has 1 rings (SSSR count). The quantitative estimate of drug-likeness (QED) is 0.378. The molecule has 6 heteroatoms. The van der Waals surface area contributed by atoms with Crippen molar-refractivity contribution in [1.82, 2.24) is 9.80 Å². The van der Waals surface area contributed by atoms with E-state index in [0.29, 0.717) is 0 Å². The van der Waals surface area contributed by atoms with Crippen molar-refractivity contribution < 1.29 is 13.3 Å². The fourth-order valence-corrected chi connectivity index (χ4v) is 4.93. The van der Waals surface area contributed by atoms with Gasteiger partial charge < -0.3 is 18.2 Å². The lowest BCUT2D eigenvalue weighted by molar-refractivity contribution is 0.0822. The van der Waals surface area contributed by atoms with Crippen molar-refractivity contribution in [2.75, 3.05) is 60.2 Å². The Morgan fingerprint density at radius 3 is 1.70 bits per heavy atom. The lowest BCUT2D eigenvalue weighted by Gasteiger charge is -2.37. The zero-order valence-corrected chi connectivity index (χ0v) is 16.8. The predicted octanol–water partition coefficient (Wildman–Crippen LogP) is 2.77. The van der Waals surface area contributed by atoms with Gasteiger partial charge in [-0.15, -0.1) is 0 Å². The second-order valence-corrected chi connectivity index (χ2v) is 9.44. The van der Waals surface area contributed by atoms with E-state index in [1.165, 1.54) is 51.5 Å². The van der Waals surface area contributed by atoms with Crippen molar-refractivity contribution >= 4 is 8.80 Å². The van der Waals surface area contributed by atoms with E-state index in [0.717, 1.165) is 32.3 Å². The first kappa shape index (κ1) is 21.1. The Bertz CT molecular complexity index is 275. The summed E-state index contributed by atoms with van der Waals surface area (Å²) in [6, 6.07) is 0. The monoisotopic (exact) mass is 346 g/mol. The van der Waals surface area contributed by atoms with Crippen LogP contribution in [-0.2, 0) is 13.3 Å². The highest BCUT2D eigenvalue weighted by atomic mass is 28.4. The highest BCUT2D eigenvalue weighted by molar-refractivity contribution is 6.60. The van der Waals surface area contributed by atoms with Crippen molar-refractivity contribution in [3.63, 3.8) is 0 Å². The van der Waals surface area contributed by atoms with E-state index >= 15 is 0 Å². The van der Waals surface area contributed by atoms with Crippen LogP contribution in [0.25, 0.3) is 0 Å². The summed E-state index contributed by atoms with van der Waals surface area (Å²) in [5, 5.41) is 0. The molecule has 0 bridgehead atoms. The van der Waals surface area contributed by atoms with E-state index in [2.05, 4.69) is 16.7 Å². The molecule has 0 aromatic heterocycles. The number of rotatable bonds is 13. The molecule has 0 atom stereocenters. The zero-order valence-electron chi connectivity index (χ0n) is 15.8. The predicted molar refractivity (Wildman–Crippen MR) is 97.7 cm³/mol. The normalized spacial score (nSPS) is 17.7. The summed E-state index contributed by atoms with van der Waals surface area (Å²) < 4.78 is 16.6. The Balaban J connectivity index is 2.11. The molecule has 1 heterocycles. The van der Waals surface area contributed by atoms with Gasteiger partial charge in [0.2, 0.25) is 0 Å². The molecule has 138 valence electrons. The van der Waals surface area contributed by atoms with Crippen LogP contribution in [0.5, 0.6) is 0 Å². The van der Waals surface area contributed by atoms with Gasteiger partial charge >= 0.3 is 8.80 Å². The van der Waals surface area contributed by atoms with E-state index in [4.69, 9.17) is 13.3 Å². The van der Waals surface area contributed by atoms with Gasteiger partial charge in [-0.1, -0.05) is 45.4 Å². The smallest absolute Gasteiger partial charge is 0.376 e. The Kier molecular flexibility index (Phi) is 11.3. The first-order valence-electron chi connectivity index (χ1n) is 9.30. The molecule has 0 spiro atoms. The zero-order chi connectivity index (χ0) is 17.0. The van der Waals surface area contributed by atoms with Crippen LogP contribution in [0.15, 0.2) is 0 Å². The Morgan fingerprint density at radius 2 is 1.17 bits per heavy atom. The highest BCUT2D eigenvalue weighted by Crippen LogP contribution is 2.12. The highest BCUT2D eigenvalue weighted by Gasteiger charge is 2.40. The number of nitrogens with zero attached hydrogens (tertiary/aromatic N) is 2. The molecule has 0 radical (unpaired) electrons. The fraction of sp³-hybridized carbons (Fsp3) is 1.00. The number of hydrogen-bond donors (Lipinski definition) is 0. The largest absolute Gasteiger partial charge is 0.514 e. The average molecular weight is 347 g/mol. The second-order valence-electron chi connectivity index (χ2n) is 6.53. The third kappa shape index (κ3) is 8.09. The molecule has 1 aliphatic heterocycles. The molecule has 23 heavy (non-hydrogen) atoms. The van der Waals surface area contributed by atoms with Crippen molar-refractivity contribution in [2.24, 2.45) is 0 Å². The molecule has 0 aromatic carbocycles. The minimum Gasteiger partial charge on any atom is -0.376 e. The van der Waals surface area contributed by atoms with Crippen LogP contribution in [0, 0.1) is 0 Å². The van der Waals surface area contributed by atoms with Gasteiger partial charge in [0.1, 0.15) is 0 Å². The molecule has 1 aliphatic rings. The molecular formula is C17H38N2O3Si. The Labute approximate surface area is 144 Å². The summed E-state index contributed by atoms with van der Waals surface area (Å²) >= 11 is 0. The summed E-state index contributed by atoms with van der Waals surface area (Å²) in [5.41, 5.74) is 0. The van der Waals surface area contributed by atoms with Gasteiger partial charge in [0.15, 0.2) is 0 Å². The van der Waals surface area contributed by atoms with Crippen molar-refractivity contribution in [3.8, 4) is 0 Å². The van der Waals surface area contributed by atoms with Crippen LogP contribution in [0.4, 0.5) is 0 Å². The summed E-state index contributed by atoms with van der Waals surface area (Å²) in [6.07, 6.45) is 10.5. The molecule has 0 amide bonds. The summed E-state index contributed by atoms with van der Waals surface area (Å²) in [6.45, 7) is 8.00. The maximum Gasteiger partial charge on any atom is 0.514 e. The molecule has 1 fully saturated rings. The molecule has 0 aliphatic carbocycles. The van der Waals surface area contributed by atoms with Gasteiger partial charge in [0.05, 0.1) is 6.17 Å². The third-order valence-corrected chi connectivity index (χ3v) is 7.59. The SMILES string of the molecule is CCCCCCCCCN1CCN(C[Si](OC)(OC)OC)CC1. The molecular weight excluding hydrogens is 308 g/mol. The van der Waals surface area contributed by atoms with Crippen LogP contribution >= 0.6 is 0 Å².